The smallest absolute Gasteiger partial charge is 0.406 e. The van der Waals surface area contributed by atoms with Gasteiger partial charge in [-0.3, -0.25) is 0 Å². The second kappa shape index (κ2) is 6.33. The lowest BCUT2D eigenvalue weighted by molar-refractivity contribution is 0.146. The van der Waals surface area contributed by atoms with E-state index in [1.165, 1.54) is 13.1 Å². The van der Waals surface area contributed by atoms with Gasteiger partial charge in [-0.1, -0.05) is 18.2 Å². The van der Waals surface area contributed by atoms with Crippen LogP contribution in [0.1, 0.15) is 17.4 Å². The number of nitrogens with one attached hydrogen (secondary N) is 1. The second-order valence-corrected chi connectivity index (χ2v) is 3.69. The quantitative estimate of drug-likeness (QED) is 0.829. The minimum Gasteiger partial charge on any atom is -0.450 e. The third kappa shape index (κ3) is 3.70. The molecule has 0 saturated heterocycles. The number of amides is 1. The summed E-state index contributed by atoms with van der Waals surface area (Å²) in [6.45, 7) is 0.155. The molecule has 0 aliphatic heterocycles. The fraction of sp³-hybridized carbons (Fsp3) is 0.364. The Morgan fingerprint density at radius 1 is 1.56 bits per heavy atom. The minimum atomic E-state index is -0.516. The zero-order valence-corrected chi connectivity index (χ0v) is 9.63. The van der Waals surface area contributed by atoms with Gasteiger partial charge < -0.3 is 10.1 Å². The molecule has 1 amide bonds. The number of carbonyl (C=O) groups excluding carboxylic acids is 1. The second-order valence-electron chi connectivity index (χ2n) is 3.16. The topological polar surface area (TPSA) is 38.3 Å². The Bertz CT molecular complexity index is 360. The maximum absolute atomic E-state index is 13.3. The Hall–Kier alpha value is -1.29. The first kappa shape index (κ1) is 12.8. The van der Waals surface area contributed by atoms with Crippen LogP contribution in [0.2, 0.25) is 0 Å². The predicted octanol–water partition coefficient (Wildman–Crippen LogP) is 2.85. The van der Waals surface area contributed by atoms with Crippen LogP contribution in [0, 0.1) is 5.82 Å². The highest BCUT2D eigenvalue weighted by Crippen LogP contribution is 2.26. The molecule has 1 rings (SSSR count). The van der Waals surface area contributed by atoms with Crippen molar-refractivity contribution in [3.05, 3.63) is 35.6 Å². The van der Waals surface area contributed by atoms with Crippen molar-refractivity contribution in [1.82, 2.24) is 5.32 Å². The van der Waals surface area contributed by atoms with Gasteiger partial charge in [-0.05, 0) is 6.07 Å². The van der Waals surface area contributed by atoms with Crippen LogP contribution in [0.5, 0.6) is 0 Å². The van der Waals surface area contributed by atoms with E-state index in [0.29, 0.717) is 12.0 Å². The molecule has 1 N–H and O–H groups in total. The summed E-state index contributed by atoms with van der Waals surface area (Å²) in [5.74, 6) is -0.345. The van der Waals surface area contributed by atoms with Gasteiger partial charge in [0.2, 0.25) is 0 Å². The number of alkyl carbamates (subject to hydrolysis) is 1. The lowest BCUT2D eigenvalue weighted by Crippen LogP contribution is -2.20. The van der Waals surface area contributed by atoms with E-state index in [0.717, 1.165) is 0 Å². The van der Waals surface area contributed by atoms with Crippen LogP contribution in [-0.4, -0.2) is 19.7 Å². The van der Waals surface area contributed by atoms with Crippen LogP contribution in [0.15, 0.2) is 24.3 Å². The molecule has 0 aromatic heterocycles. The van der Waals surface area contributed by atoms with Crippen molar-refractivity contribution >= 4 is 17.7 Å². The van der Waals surface area contributed by atoms with Gasteiger partial charge in [0.25, 0.3) is 0 Å². The summed E-state index contributed by atoms with van der Waals surface area (Å²) in [4.78, 5) is 10.7. The Labute approximate surface area is 98.5 Å². The van der Waals surface area contributed by atoms with E-state index in [-0.39, 0.29) is 12.4 Å². The van der Waals surface area contributed by atoms with Crippen molar-refractivity contribution in [2.45, 2.75) is 11.8 Å². The summed E-state index contributed by atoms with van der Waals surface area (Å²) in [6, 6.07) is 6.29. The summed E-state index contributed by atoms with van der Waals surface area (Å²) >= 11 is 5.99. The number of hydrogen-bond donors (Lipinski definition) is 1. The average Bonchev–Trinajstić information content (AvgIpc) is 2.29. The molecule has 0 aliphatic carbocycles. The zero-order chi connectivity index (χ0) is 12.0. The molecule has 1 unspecified atom stereocenters. The van der Waals surface area contributed by atoms with Crippen molar-refractivity contribution in [1.29, 1.82) is 0 Å². The van der Waals surface area contributed by atoms with Gasteiger partial charge in [-0.2, -0.15) is 0 Å². The molecule has 88 valence electrons. The van der Waals surface area contributed by atoms with Gasteiger partial charge in [0, 0.05) is 19.0 Å². The predicted molar refractivity (Wildman–Crippen MR) is 60.0 cm³/mol. The van der Waals surface area contributed by atoms with E-state index in [1.807, 2.05) is 0 Å². The fourth-order valence-electron chi connectivity index (χ4n) is 1.21. The Morgan fingerprint density at radius 2 is 2.25 bits per heavy atom. The highest BCUT2D eigenvalue weighted by molar-refractivity contribution is 6.20. The molecule has 1 aromatic rings. The van der Waals surface area contributed by atoms with E-state index < -0.39 is 11.5 Å². The monoisotopic (exact) mass is 245 g/mol. The third-order valence-corrected chi connectivity index (χ3v) is 2.50. The number of rotatable bonds is 4. The zero-order valence-electron chi connectivity index (χ0n) is 8.87. The number of benzene rings is 1. The number of carbonyl (C=O) groups is 1. The van der Waals surface area contributed by atoms with E-state index in [4.69, 9.17) is 16.3 Å². The third-order valence-electron chi connectivity index (χ3n) is 2.05. The number of alkyl halides is 1. The van der Waals surface area contributed by atoms with Crippen molar-refractivity contribution < 1.29 is 13.9 Å². The highest BCUT2D eigenvalue weighted by Gasteiger charge is 2.12. The minimum absolute atomic E-state index is 0.155. The molecule has 0 fully saturated rings. The Kier molecular flexibility index (Phi) is 5.05. The maximum atomic E-state index is 13.3. The van der Waals surface area contributed by atoms with Crippen LogP contribution in [0.25, 0.3) is 0 Å². The molecule has 0 spiro atoms. The largest absolute Gasteiger partial charge is 0.450 e. The first-order valence-electron chi connectivity index (χ1n) is 4.88. The highest BCUT2D eigenvalue weighted by atomic mass is 35.5. The average molecular weight is 246 g/mol. The van der Waals surface area contributed by atoms with Crippen LogP contribution in [-0.2, 0) is 4.74 Å². The molecular weight excluding hydrogens is 233 g/mol. The summed E-state index contributed by atoms with van der Waals surface area (Å²) in [7, 11) is 1.47. The molecule has 3 nitrogen and oxygen atoms in total. The van der Waals surface area contributed by atoms with Gasteiger partial charge in [0.05, 0.1) is 12.0 Å². The molecular formula is C11H13ClFNO2. The van der Waals surface area contributed by atoms with Crippen LogP contribution < -0.4 is 5.32 Å². The standard InChI is InChI=1S/C11H13ClFNO2/c1-14-11(15)16-7-6-9(12)8-4-2-3-5-10(8)13/h2-5,9H,6-7H2,1H3,(H,14,15). The number of hydrogen-bond acceptors (Lipinski definition) is 2. The maximum Gasteiger partial charge on any atom is 0.406 e. The number of halogens is 2. The van der Waals surface area contributed by atoms with Gasteiger partial charge >= 0.3 is 6.09 Å². The van der Waals surface area contributed by atoms with Gasteiger partial charge in [-0.25, -0.2) is 9.18 Å². The van der Waals surface area contributed by atoms with Gasteiger partial charge in [0.1, 0.15) is 5.82 Å². The summed E-state index contributed by atoms with van der Waals surface area (Å²) in [5, 5.41) is 1.82. The fourth-order valence-corrected chi connectivity index (χ4v) is 1.48. The van der Waals surface area contributed by atoms with E-state index >= 15 is 0 Å². The first-order chi connectivity index (χ1) is 7.65. The van der Waals surface area contributed by atoms with Crippen molar-refractivity contribution in [3.8, 4) is 0 Å². The Morgan fingerprint density at radius 3 is 2.88 bits per heavy atom. The van der Waals surface area contributed by atoms with Crippen LogP contribution in [0.3, 0.4) is 0 Å². The lowest BCUT2D eigenvalue weighted by atomic mass is 10.1. The summed E-state index contributed by atoms with van der Waals surface area (Å²) in [6.07, 6.45) is -0.145. The summed E-state index contributed by atoms with van der Waals surface area (Å²) < 4.78 is 18.1. The summed E-state index contributed by atoms with van der Waals surface area (Å²) in [5.41, 5.74) is 0.421. The van der Waals surface area contributed by atoms with Crippen molar-refractivity contribution in [2.75, 3.05) is 13.7 Å². The molecule has 5 heteroatoms. The molecule has 0 bridgehead atoms. The normalized spacial score (nSPS) is 11.9. The van der Waals surface area contributed by atoms with E-state index in [2.05, 4.69) is 5.32 Å². The first-order valence-corrected chi connectivity index (χ1v) is 5.31. The Balaban J connectivity index is 2.44. The van der Waals surface area contributed by atoms with E-state index in [9.17, 15) is 9.18 Å². The number of ether oxygens (including phenoxy) is 1. The van der Waals surface area contributed by atoms with Crippen LogP contribution in [0.4, 0.5) is 9.18 Å². The lowest BCUT2D eigenvalue weighted by Gasteiger charge is -2.10. The van der Waals surface area contributed by atoms with Crippen molar-refractivity contribution in [2.24, 2.45) is 0 Å². The molecule has 1 aromatic carbocycles. The molecule has 0 heterocycles. The van der Waals surface area contributed by atoms with Gasteiger partial charge in [0.15, 0.2) is 0 Å². The van der Waals surface area contributed by atoms with Crippen molar-refractivity contribution in [3.63, 3.8) is 0 Å². The molecule has 16 heavy (non-hydrogen) atoms. The van der Waals surface area contributed by atoms with Gasteiger partial charge in [-0.15, -0.1) is 11.6 Å². The van der Waals surface area contributed by atoms with E-state index in [1.54, 1.807) is 18.2 Å². The molecule has 0 saturated carbocycles. The molecule has 0 radical (unpaired) electrons. The van der Waals surface area contributed by atoms with Crippen LogP contribution >= 0.6 is 11.6 Å². The molecule has 1 atom stereocenters. The SMILES string of the molecule is CNC(=O)OCCC(Cl)c1ccccc1F. The molecule has 0 aliphatic rings.